The van der Waals surface area contributed by atoms with Crippen LogP contribution in [-0.4, -0.2) is 29.1 Å². The Balaban J connectivity index is 2.23. The summed E-state index contributed by atoms with van der Waals surface area (Å²) in [6.45, 7) is 6.02. The minimum atomic E-state index is -0.474. The zero-order chi connectivity index (χ0) is 16.8. The smallest absolute Gasteiger partial charge is 0.319 e. The molecule has 23 heavy (non-hydrogen) atoms. The first-order chi connectivity index (χ1) is 11.0. The van der Waals surface area contributed by atoms with Gasteiger partial charge in [0.2, 0.25) is 5.88 Å². The molecule has 0 spiro atoms. The number of nitrogens with one attached hydrogen (secondary N) is 1. The molecule has 1 aromatic carbocycles. The Morgan fingerprint density at radius 2 is 2.00 bits per heavy atom. The van der Waals surface area contributed by atoms with Gasteiger partial charge in [0.25, 0.3) is 5.91 Å². The average Bonchev–Trinajstić information content (AvgIpc) is 2.53. The largest absolute Gasteiger partial charge is 0.476 e. The molecule has 1 amide bonds. The van der Waals surface area contributed by atoms with Crippen molar-refractivity contribution in [1.82, 2.24) is 9.97 Å². The molecule has 0 aliphatic carbocycles. The highest BCUT2D eigenvalue weighted by atomic mass is 19.1. The average molecular weight is 319 g/mol. The number of amides is 1. The van der Waals surface area contributed by atoms with Crippen molar-refractivity contribution in [2.75, 3.05) is 18.5 Å². The molecule has 1 heterocycles. The third kappa shape index (κ3) is 4.15. The van der Waals surface area contributed by atoms with Gasteiger partial charge >= 0.3 is 6.01 Å². The second-order valence-corrected chi connectivity index (χ2v) is 4.66. The standard InChI is InChI=1S/C16H18FN3O3/c1-4-22-15-13(9-18-16(20-15)23-5-2)19-14(21)11-7-6-10(3)12(17)8-11/h6-9H,4-5H2,1-3H3,(H,19,21). The molecule has 122 valence electrons. The Bertz CT molecular complexity index is 707. The van der Waals surface area contributed by atoms with Gasteiger partial charge in [-0.05, 0) is 38.5 Å². The number of aromatic nitrogens is 2. The molecule has 0 aliphatic rings. The number of ether oxygens (including phenoxy) is 2. The first-order valence-corrected chi connectivity index (χ1v) is 7.25. The number of benzene rings is 1. The zero-order valence-electron chi connectivity index (χ0n) is 13.2. The Hall–Kier alpha value is -2.70. The molecule has 0 aliphatic heterocycles. The summed E-state index contributed by atoms with van der Waals surface area (Å²) in [5.74, 6) is -0.713. The van der Waals surface area contributed by atoms with Crippen molar-refractivity contribution in [3.8, 4) is 11.9 Å². The van der Waals surface area contributed by atoms with Gasteiger partial charge in [0, 0.05) is 5.56 Å². The maximum absolute atomic E-state index is 13.6. The van der Waals surface area contributed by atoms with E-state index in [9.17, 15) is 9.18 Å². The van der Waals surface area contributed by atoms with Crippen molar-refractivity contribution in [3.05, 3.63) is 41.3 Å². The van der Waals surface area contributed by atoms with E-state index in [0.29, 0.717) is 24.5 Å². The molecular formula is C16H18FN3O3. The summed E-state index contributed by atoms with van der Waals surface area (Å²) in [5, 5.41) is 2.62. The minimum absolute atomic E-state index is 0.162. The van der Waals surface area contributed by atoms with Crippen LogP contribution < -0.4 is 14.8 Å². The third-order valence-electron chi connectivity index (χ3n) is 2.97. The molecule has 0 bridgehead atoms. The molecule has 1 N–H and O–H groups in total. The van der Waals surface area contributed by atoms with E-state index < -0.39 is 11.7 Å². The van der Waals surface area contributed by atoms with Gasteiger partial charge in [0.1, 0.15) is 11.5 Å². The lowest BCUT2D eigenvalue weighted by molar-refractivity contribution is 0.102. The fourth-order valence-corrected chi connectivity index (χ4v) is 1.81. The normalized spacial score (nSPS) is 10.3. The number of hydrogen-bond donors (Lipinski definition) is 1. The number of rotatable bonds is 6. The van der Waals surface area contributed by atoms with Crippen LogP contribution in [0.1, 0.15) is 29.8 Å². The van der Waals surface area contributed by atoms with Crippen LogP contribution in [0.5, 0.6) is 11.9 Å². The van der Waals surface area contributed by atoms with Crippen molar-refractivity contribution < 1.29 is 18.7 Å². The number of nitrogens with zero attached hydrogens (tertiary/aromatic N) is 2. The summed E-state index contributed by atoms with van der Waals surface area (Å²) in [5.41, 5.74) is 0.965. The Morgan fingerprint density at radius 1 is 1.26 bits per heavy atom. The van der Waals surface area contributed by atoms with Gasteiger partial charge in [0.15, 0.2) is 0 Å². The van der Waals surface area contributed by atoms with Crippen LogP contribution in [0.4, 0.5) is 10.1 Å². The third-order valence-corrected chi connectivity index (χ3v) is 2.97. The monoisotopic (exact) mass is 319 g/mol. The molecule has 0 fully saturated rings. The predicted molar refractivity (Wildman–Crippen MR) is 83.5 cm³/mol. The Morgan fingerprint density at radius 3 is 2.65 bits per heavy atom. The van der Waals surface area contributed by atoms with E-state index in [1.807, 2.05) is 6.92 Å². The number of hydrogen-bond acceptors (Lipinski definition) is 5. The second kappa shape index (κ2) is 7.53. The van der Waals surface area contributed by atoms with Gasteiger partial charge in [-0.1, -0.05) is 6.07 Å². The quantitative estimate of drug-likeness (QED) is 0.886. The SMILES string of the molecule is CCOc1ncc(NC(=O)c2ccc(C)c(F)c2)c(OCC)n1. The number of carbonyl (C=O) groups excluding carboxylic acids is 1. The molecule has 0 saturated carbocycles. The van der Waals surface area contributed by atoms with E-state index in [1.54, 1.807) is 26.0 Å². The predicted octanol–water partition coefficient (Wildman–Crippen LogP) is 2.97. The summed E-state index contributed by atoms with van der Waals surface area (Å²) in [7, 11) is 0. The van der Waals surface area contributed by atoms with Gasteiger partial charge in [-0.25, -0.2) is 9.37 Å². The van der Waals surface area contributed by atoms with E-state index in [-0.39, 0.29) is 17.5 Å². The summed E-state index contributed by atoms with van der Waals surface area (Å²) in [6, 6.07) is 4.43. The maximum atomic E-state index is 13.6. The molecule has 0 unspecified atom stereocenters. The van der Waals surface area contributed by atoms with Crippen molar-refractivity contribution in [1.29, 1.82) is 0 Å². The maximum Gasteiger partial charge on any atom is 0.319 e. The van der Waals surface area contributed by atoms with Crippen LogP contribution in [0, 0.1) is 12.7 Å². The van der Waals surface area contributed by atoms with Crippen LogP contribution in [0.2, 0.25) is 0 Å². The zero-order valence-corrected chi connectivity index (χ0v) is 13.2. The van der Waals surface area contributed by atoms with Crippen LogP contribution in [0.25, 0.3) is 0 Å². The number of aryl methyl sites for hydroxylation is 1. The van der Waals surface area contributed by atoms with Crippen molar-refractivity contribution in [2.24, 2.45) is 0 Å². The molecular weight excluding hydrogens is 301 g/mol. The van der Waals surface area contributed by atoms with E-state index in [4.69, 9.17) is 9.47 Å². The van der Waals surface area contributed by atoms with Gasteiger partial charge < -0.3 is 14.8 Å². The van der Waals surface area contributed by atoms with Gasteiger partial charge in [0.05, 0.1) is 19.4 Å². The van der Waals surface area contributed by atoms with Gasteiger partial charge in [-0.2, -0.15) is 4.98 Å². The first kappa shape index (κ1) is 16.7. The van der Waals surface area contributed by atoms with Crippen molar-refractivity contribution >= 4 is 11.6 Å². The summed E-state index contributed by atoms with van der Waals surface area (Å²) < 4.78 is 24.2. The van der Waals surface area contributed by atoms with E-state index in [2.05, 4.69) is 15.3 Å². The number of halogens is 1. The molecule has 2 aromatic rings. The molecule has 0 atom stereocenters. The van der Waals surface area contributed by atoms with Gasteiger partial charge in [-0.15, -0.1) is 0 Å². The highest BCUT2D eigenvalue weighted by Gasteiger charge is 2.14. The van der Waals surface area contributed by atoms with Crippen molar-refractivity contribution in [3.63, 3.8) is 0 Å². The van der Waals surface area contributed by atoms with E-state index >= 15 is 0 Å². The molecule has 2 rings (SSSR count). The topological polar surface area (TPSA) is 73.3 Å². The summed E-state index contributed by atoms with van der Waals surface area (Å²) in [6.07, 6.45) is 1.39. The second-order valence-electron chi connectivity index (χ2n) is 4.66. The van der Waals surface area contributed by atoms with E-state index in [1.165, 1.54) is 12.3 Å². The first-order valence-electron chi connectivity index (χ1n) is 7.25. The van der Waals surface area contributed by atoms with Gasteiger partial charge in [-0.3, -0.25) is 4.79 Å². The number of anilines is 1. The number of carbonyl (C=O) groups is 1. The molecule has 1 aromatic heterocycles. The Kier molecular flexibility index (Phi) is 5.46. The lowest BCUT2D eigenvalue weighted by Gasteiger charge is -2.11. The minimum Gasteiger partial charge on any atom is -0.476 e. The fraction of sp³-hybridized carbons (Fsp3) is 0.312. The summed E-state index contributed by atoms with van der Waals surface area (Å²) >= 11 is 0. The Labute approximate surface area is 133 Å². The van der Waals surface area contributed by atoms with Crippen LogP contribution in [0.15, 0.2) is 24.4 Å². The highest BCUT2D eigenvalue weighted by molar-refractivity contribution is 6.04. The van der Waals surface area contributed by atoms with Crippen molar-refractivity contribution in [2.45, 2.75) is 20.8 Å². The molecule has 0 radical (unpaired) electrons. The van der Waals surface area contributed by atoms with Crippen LogP contribution in [-0.2, 0) is 0 Å². The molecule has 0 saturated heterocycles. The van der Waals surface area contributed by atoms with E-state index in [0.717, 1.165) is 0 Å². The molecule has 7 heteroatoms. The fourth-order valence-electron chi connectivity index (χ4n) is 1.81. The lowest BCUT2D eigenvalue weighted by atomic mass is 10.1. The molecule has 6 nitrogen and oxygen atoms in total. The highest BCUT2D eigenvalue weighted by Crippen LogP contribution is 2.24. The lowest BCUT2D eigenvalue weighted by Crippen LogP contribution is -2.14. The van der Waals surface area contributed by atoms with Crippen LogP contribution >= 0.6 is 0 Å². The summed E-state index contributed by atoms with van der Waals surface area (Å²) in [4.78, 5) is 20.3. The van der Waals surface area contributed by atoms with Crippen LogP contribution in [0.3, 0.4) is 0 Å².